The molecule has 2 aliphatic rings. The van der Waals surface area contributed by atoms with Crippen LogP contribution in [0.5, 0.6) is 11.5 Å². The molecule has 0 aromatic heterocycles. The Labute approximate surface area is 150 Å². The number of hydrogen-bond donors (Lipinski definition) is 0. The van der Waals surface area contributed by atoms with Gasteiger partial charge in [-0.05, 0) is 25.0 Å². The summed E-state index contributed by atoms with van der Waals surface area (Å²) in [6.07, 6.45) is 9.05. The fourth-order valence-electron chi connectivity index (χ4n) is 3.74. The molecule has 1 saturated carbocycles. The van der Waals surface area contributed by atoms with E-state index in [2.05, 4.69) is 9.80 Å². The molecule has 1 aliphatic heterocycles. The number of carbonyl (C=O) groups is 1. The Kier molecular flexibility index (Phi) is 5.97. The Morgan fingerprint density at radius 2 is 1.60 bits per heavy atom. The van der Waals surface area contributed by atoms with E-state index in [1.807, 2.05) is 6.20 Å². The van der Waals surface area contributed by atoms with Crippen molar-refractivity contribution in [3.63, 3.8) is 0 Å². The average molecular weight is 344 g/mol. The molecule has 136 valence electrons. The van der Waals surface area contributed by atoms with Gasteiger partial charge in [0.15, 0.2) is 5.78 Å². The Morgan fingerprint density at radius 3 is 2.16 bits per heavy atom. The van der Waals surface area contributed by atoms with E-state index < -0.39 is 0 Å². The lowest BCUT2D eigenvalue weighted by Gasteiger charge is -2.37. The fraction of sp³-hybridized carbons (Fsp3) is 0.550. The molecule has 1 aromatic carbocycles. The van der Waals surface area contributed by atoms with Gasteiger partial charge in [0.25, 0.3) is 0 Å². The van der Waals surface area contributed by atoms with Crippen molar-refractivity contribution in [3.8, 4) is 11.5 Å². The van der Waals surface area contributed by atoms with Crippen LogP contribution in [0.4, 0.5) is 0 Å². The van der Waals surface area contributed by atoms with Crippen molar-refractivity contribution in [3.05, 3.63) is 36.0 Å². The van der Waals surface area contributed by atoms with E-state index in [1.165, 1.54) is 25.7 Å². The van der Waals surface area contributed by atoms with Gasteiger partial charge in [-0.2, -0.15) is 0 Å². The van der Waals surface area contributed by atoms with E-state index in [0.29, 0.717) is 17.1 Å². The van der Waals surface area contributed by atoms with E-state index in [-0.39, 0.29) is 5.78 Å². The largest absolute Gasteiger partial charge is 0.497 e. The van der Waals surface area contributed by atoms with Gasteiger partial charge in [-0.15, -0.1) is 0 Å². The number of methoxy groups -OCH3 is 2. The summed E-state index contributed by atoms with van der Waals surface area (Å²) in [6, 6.07) is 6.04. The number of nitrogens with zero attached hydrogens (tertiary/aromatic N) is 2. The number of ketones is 1. The first-order valence-corrected chi connectivity index (χ1v) is 9.13. The minimum Gasteiger partial charge on any atom is -0.497 e. The second-order valence-electron chi connectivity index (χ2n) is 6.79. The van der Waals surface area contributed by atoms with Crippen LogP contribution in [0.25, 0.3) is 0 Å². The van der Waals surface area contributed by atoms with Crippen LogP contribution in [0.2, 0.25) is 0 Å². The van der Waals surface area contributed by atoms with Crippen LogP contribution in [0.1, 0.15) is 36.0 Å². The third-order valence-electron chi connectivity index (χ3n) is 5.26. The quantitative estimate of drug-likeness (QED) is 0.586. The van der Waals surface area contributed by atoms with Crippen molar-refractivity contribution in [2.45, 2.75) is 31.7 Å². The summed E-state index contributed by atoms with van der Waals surface area (Å²) in [6.45, 7) is 4.16. The van der Waals surface area contributed by atoms with E-state index in [0.717, 1.165) is 32.2 Å². The molecule has 5 heteroatoms. The van der Waals surface area contributed by atoms with Crippen molar-refractivity contribution in [1.29, 1.82) is 0 Å². The van der Waals surface area contributed by atoms with Gasteiger partial charge in [0, 0.05) is 56.1 Å². The van der Waals surface area contributed by atoms with Crippen molar-refractivity contribution in [2.24, 2.45) is 0 Å². The number of piperazine rings is 1. The molecular weight excluding hydrogens is 316 g/mol. The van der Waals surface area contributed by atoms with Crippen LogP contribution in [0.3, 0.4) is 0 Å². The molecular formula is C20H28N2O3. The maximum Gasteiger partial charge on any atom is 0.187 e. The lowest BCUT2D eigenvalue weighted by Crippen LogP contribution is -2.47. The molecule has 5 nitrogen and oxygen atoms in total. The van der Waals surface area contributed by atoms with Crippen LogP contribution in [-0.2, 0) is 0 Å². The second-order valence-corrected chi connectivity index (χ2v) is 6.79. The maximum atomic E-state index is 12.5. The van der Waals surface area contributed by atoms with Crippen LogP contribution in [-0.4, -0.2) is 62.0 Å². The molecule has 0 spiro atoms. The molecule has 0 bridgehead atoms. The zero-order valence-corrected chi connectivity index (χ0v) is 15.2. The van der Waals surface area contributed by atoms with Crippen molar-refractivity contribution >= 4 is 5.78 Å². The highest BCUT2D eigenvalue weighted by molar-refractivity contribution is 6.05. The SMILES string of the molecule is COc1cc(OC)cc(C(=O)C=CN2CCN(C3CCCC3)CC2)c1. The summed E-state index contributed by atoms with van der Waals surface area (Å²) in [5.74, 6) is 1.22. The third-order valence-corrected chi connectivity index (χ3v) is 5.26. The van der Waals surface area contributed by atoms with E-state index in [4.69, 9.17) is 9.47 Å². The molecule has 2 fully saturated rings. The highest BCUT2D eigenvalue weighted by atomic mass is 16.5. The Balaban J connectivity index is 1.56. The van der Waals surface area contributed by atoms with Crippen LogP contribution in [0.15, 0.2) is 30.5 Å². The molecule has 0 N–H and O–H groups in total. The predicted octanol–water partition coefficient (Wildman–Crippen LogP) is 2.96. The lowest BCUT2D eigenvalue weighted by atomic mass is 10.1. The van der Waals surface area contributed by atoms with Gasteiger partial charge in [-0.3, -0.25) is 9.69 Å². The zero-order chi connectivity index (χ0) is 17.6. The summed E-state index contributed by atoms with van der Waals surface area (Å²) in [5.41, 5.74) is 0.581. The molecule has 1 heterocycles. The summed E-state index contributed by atoms with van der Waals surface area (Å²) >= 11 is 0. The Hall–Kier alpha value is -2.01. The number of benzene rings is 1. The molecule has 3 rings (SSSR count). The minimum absolute atomic E-state index is 0.0320. The standard InChI is InChI=1S/C20H28N2O3/c1-24-18-13-16(14-19(15-18)25-2)20(23)7-8-21-9-11-22(12-10-21)17-5-3-4-6-17/h7-8,13-15,17H,3-6,9-12H2,1-2H3. The molecule has 1 saturated heterocycles. The summed E-state index contributed by atoms with van der Waals surface area (Å²) in [4.78, 5) is 17.3. The molecule has 0 unspecified atom stereocenters. The molecule has 25 heavy (non-hydrogen) atoms. The van der Waals surface area contributed by atoms with Crippen LogP contribution in [0, 0.1) is 0 Å². The van der Waals surface area contributed by atoms with Gasteiger partial charge >= 0.3 is 0 Å². The van der Waals surface area contributed by atoms with Crippen molar-refractivity contribution < 1.29 is 14.3 Å². The first-order chi connectivity index (χ1) is 12.2. The van der Waals surface area contributed by atoms with Crippen LogP contribution < -0.4 is 9.47 Å². The maximum absolute atomic E-state index is 12.5. The van der Waals surface area contributed by atoms with Gasteiger partial charge in [0.1, 0.15) is 11.5 Å². The third kappa shape index (κ3) is 4.54. The molecule has 1 aromatic rings. The number of hydrogen-bond acceptors (Lipinski definition) is 5. The molecule has 1 aliphatic carbocycles. The van der Waals surface area contributed by atoms with E-state index in [1.54, 1.807) is 38.5 Å². The Bertz CT molecular complexity index is 593. The van der Waals surface area contributed by atoms with Gasteiger partial charge in [0.05, 0.1) is 14.2 Å². The van der Waals surface area contributed by atoms with Gasteiger partial charge < -0.3 is 14.4 Å². The first kappa shape index (κ1) is 17.8. The summed E-state index contributed by atoms with van der Waals surface area (Å²) in [7, 11) is 3.17. The van der Waals surface area contributed by atoms with Crippen LogP contribution >= 0.6 is 0 Å². The summed E-state index contributed by atoms with van der Waals surface area (Å²) in [5, 5.41) is 0. The minimum atomic E-state index is -0.0320. The molecule has 0 amide bonds. The number of ether oxygens (including phenoxy) is 2. The number of rotatable bonds is 6. The van der Waals surface area contributed by atoms with Gasteiger partial charge in [-0.25, -0.2) is 0 Å². The predicted molar refractivity (Wildman–Crippen MR) is 98.4 cm³/mol. The zero-order valence-electron chi connectivity index (χ0n) is 15.2. The first-order valence-electron chi connectivity index (χ1n) is 9.13. The normalized spacial score (nSPS) is 19.5. The van der Waals surface area contributed by atoms with E-state index >= 15 is 0 Å². The van der Waals surface area contributed by atoms with Gasteiger partial charge in [0.2, 0.25) is 0 Å². The summed E-state index contributed by atoms with van der Waals surface area (Å²) < 4.78 is 10.5. The second kappa shape index (κ2) is 8.39. The smallest absolute Gasteiger partial charge is 0.187 e. The van der Waals surface area contributed by atoms with E-state index in [9.17, 15) is 4.79 Å². The highest BCUT2D eigenvalue weighted by Gasteiger charge is 2.25. The average Bonchev–Trinajstić information content (AvgIpc) is 3.20. The lowest BCUT2D eigenvalue weighted by molar-refractivity contribution is 0.103. The Morgan fingerprint density at radius 1 is 1.00 bits per heavy atom. The monoisotopic (exact) mass is 344 g/mol. The molecule has 0 atom stereocenters. The molecule has 0 radical (unpaired) electrons. The number of allylic oxidation sites excluding steroid dienone is 1. The highest BCUT2D eigenvalue weighted by Crippen LogP contribution is 2.25. The van der Waals surface area contributed by atoms with Gasteiger partial charge in [-0.1, -0.05) is 12.8 Å². The van der Waals surface area contributed by atoms with Crippen molar-refractivity contribution in [1.82, 2.24) is 9.80 Å². The van der Waals surface area contributed by atoms with Crippen molar-refractivity contribution in [2.75, 3.05) is 40.4 Å². The number of carbonyl (C=O) groups excluding carboxylic acids is 1. The fourth-order valence-corrected chi connectivity index (χ4v) is 3.74. The topological polar surface area (TPSA) is 42.0 Å².